The van der Waals surface area contributed by atoms with E-state index >= 15 is 0 Å². The van der Waals surface area contributed by atoms with Crippen molar-refractivity contribution in [2.24, 2.45) is 0 Å². The predicted octanol–water partition coefficient (Wildman–Crippen LogP) is 15.7. The molecule has 0 fully saturated rings. The number of hydrogen-bond acceptors (Lipinski definition) is 2. The second kappa shape index (κ2) is 11.9. The van der Waals surface area contributed by atoms with E-state index in [9.17, 15) is 0 Å². The average molecular weight is 776 g/mol. The van der Waals surface area contributed by atoms with Gasteiger partial charge in [0, 0.05) is 31.8 Å². The largest absolute Gasteiger partial charge is 0.256 e. The number of aromatic nitrogens is 1. The molecule has 2 aliphatic carbocycles. The molecule has 1 unspecified atom stereocenters. The van der Waals surface area contributed by atoms with E-state index in [0.717, 1.165) is 5.52 Å². The number of rotatable bonds is 2. The first kappa shape index (κ1) is 32.6. The molecule has 2 heterocycles. The highest BCUT2D eigenvalue weighted by Gasteiger charge is 2.52. The molecule has 2 heteroatoms. The molecule has 0 radical (unpaired) electrons. The van der Waals surface area contributed by atoms with E-state index in [0.29, 0.717) is 0 Å². The van der Waals surface area contributed by atoms with Gasteiger partial charge in [0.15, 0.2) is 0 Å². The molecular formula is C58H33NS. The van der Waals surface area contributed by atoms with E-state index in [-0.39, 0.29) is 0 Å². The summed E-state index contributed by atoms with van der Waals surface area (Å²) >= 11 is 1.89. The van der Waals surface area contributed by atoms with Gasteiger partial charge in [-0.15, -0.1) is 11.3 Å². The molecule has 2 aromatic heterocycles. The lowest BCUT2D eigenvalue weighted by Crippen LogP contribution is -2.25. The van der Waals surface area contributed by atoms with Crippen molar-refractivity contribution in [3.63, 3.8) is 0 Å². The van der Waals surface area contributed by atoms with Crippen molar-refractivity contribution >= 4 is 74.7 Å². The van der Waals surface area contributed by atoms with Gasteiger partial charge in [-0.05, 0) is 135 Å². The van der Waals surface area contributed by atoms with E-state index in [2.05, 4.69) is 194 Å². The summed E-state index contributed by atoms with van der Waals surface area (Å²) in [6.45, 7) is 0. The summed E-state index contributed by atoms with van der Waals surface area (Å²) in [4.78, 5) is 4.78. The zero-order valence-corrected chi connectivity index (χ0v) is 33.2. The van der Waals surface area contributed by atoms with Gasteiger partial charge in [-0.3, -0.25) is 4.98 Å². The smallest absolute Gasteiger partial charge is 0.0725 e. The number of fused-ring (bicyclic) bond motifs is 18. The first-order chi connectivity index (χ1) is 29.8. The lowest BCUT2D eigenvalue weighted by Gasteiger charge is -2.31. The zero-order valence-electron chi connectivity index (χ0n) is 32.4. The van der Waals surface area contributed by atoms with Gasteiger partial charge in [-0.25, -0.2) is 0 Å². The average Bonchev–Trinajstić information content (AvgIpc) is 3.93. The summed E-state index contributed by atoms with van der Waals surface area (Å²) in [5.74, 6) is 0. The fourth-order valence-corrected chi connectivity index (χ4v) is 12.5. The van der Waals surface area contributed by atoms with Gasteiger partial charge in [0.05, 0.1) is 10.9 Å². The van der Waals surface area contributed by atoms with Crippen molar-refractivity contribution in [2.45, 2.75) is 5.41 Å². The van der Waals surface area contributed by atoms with Crippen LogP contribution in [0.25, 0.3) is 108 Å². The molecule has 0 bridgehead atoms. The number of benzene rings is 10. The minimum absolute atomic E-state index is 0.492. The number of hydrogen-bond donors (Lipinski definition) is 0. The highest BCUT2D eigenvalue weighted by Crippen LogP contribution is 2.64. The third kappa shape index (κ3) is 4.09. The molecule has 1 spiro atoms. The van der Waals surface area contributed by atoms with Crippen molar-refractivity contribution in [2.75, 3.05) is 0 Å². The molecule has 12 aromatic rings. The summed E-state index contributed by atoms with van der Waals surface area (Å²) in [6.07, 6.45) is 1.90. The Morgan fingerprint density at radius 1 is 0.350 bits per heavy atom. The quantitative estimate of drug-likeness (QED) is 0.159. The fourth-order valence-electron chi connectivity index (χ4n) is 11.4. The standard InChI is InChI=1S/C58H33NS/c1-2-15-36-34(13-1)14-11-22-40(36)56-43-20-5-3-18-41(43)55(42-19-4-6-21-44(42)56)35-26-27-39-37-16-7-9-24-48(37)58(50(39)31-35)49-25-10-8-17-38(49)46-33-54-47(32-51(46)58)57-45-23-12-30-59-52(45)28-29-53(57)60-54/h1-33H. The summed E-state index contributed by atoms with van der Waals surface area (Å²) in [5, 5.41) is 11.4. The monoisotopic (exact) mass is 775 g/mol. The van der Waals surface area contributed by atoms with E-state index < -0.39 is 5.41 Å². The molecule has 2 aliphatic rings. The van der Waals surface area contributed by atoms with Crippen LogP contribution in [0.15, 0.2) is 200 Å². The molecule has 0 N–H and O–H groups in total. The van der Waals surface area contributed by atoms with Gasteiger partial charge in [0.1, 0.15) is 0 Å². The van der Waals surface area contributed by atoms with Crippen LogP contribution in [0, 0.1) is 0 Å². The Morgan fingerprint density at radius 2 is 0.933 bits per heavy atom. The fraction of sp³-hybridized carbons (Fsp3) is 0.0172. The highest BCUT2D eigenvalue weighted by atomic mass is 32.1. The van der Waals surface area contributed by atoms with Gasteiger partial charge in [0.2, 0.25) is 0 Å². The maximum Gasteiger partial charge on any atom is 0.0725 e. The Bertz CT molecular complexity index is 3790. The summed E-state index contributed by atoms with van der Waals surface area (Å²) in [6, 6.07) is 73.1. The van der Waals surface area contributed by atoms with Gasteiger partial charge < -0.3 is 0 Å². The lowest BCUT2D eigenvalue weighted by molar-refractivity contribution is 0.795. The second-order valence-electron chi connectivity index (χ2n) is 16.5. The summed E-state index contributed by atoms with van der Waals surface area (Å²) < 4.78 is 2.62. The lowest BCUT2D eigenvalue weighted by atomic mass is 9.70. The number of thiophene rings is 1. The Balaban J connectivity index is 1.09. The Morgan fingerprint density at radius 3 is 1.70 bits per heavy atom. The van der Waals surface area contributed by atoms with Gasteiger partial charge >= 0.3 is 0 Å². The van der Waals surface area contributed by atoms with Crippen molar-refractivity contribution in [3.05, 3.63) is 223 Å². The minimum atomic E-state index is -0.492. The van der Waals surface area contributed by atoms with E-state index in [1.54, 1.807) is 0 Å². The predicted molar refractivity (Wildman–Crippen MR) is 254 cm³/mol. The van der Waals surface area contributed by atoms with Crippen LogP contribution in [0.2, 0.25) is 0 Å². The van der Waals surface area contributed by atoms with Crippen molar-refractivity contribution in [3.8, 4) is 44.5 Å². The van der Waals surface area contributed by atoms with Crippen LogP contribution in [-0.2, 0) is 5.41 Å². The molecule has 14 rings (SSSR count). The Hall–Kier alpha value is -7.39. The van der Waals surface area contributed by atoms with Crippen LogP contribution >= 0.6 is 11.3 Å². The zero-order chi connectivity index (χ0) is 39.1. The van der Waals surface area contributed by atoms with Crippen LogP contribution in [0.1, 0.15) is 22.3 Å². The molecular weight excluding hydrogens is 743 g/mol. The van der Waals surface area contributed by atoms with Gasteiger partial charge in [-0.1, -0.05) is 158 Å². The third-order valence-corrected chi connectivity index (χ3v) is 14.8. The topological polar surface area (TPSA) is 12.9 Å². The van der Waals surface area contributed by atoms with Crippen molar-refractivity contribution < 1.29 is 0 Å². The SMILES string of the molecule is c1ccc2c(c1)-c1ccc(-c3c4ccccc4c(-c4cccc5ccccc45)c4ccccc34)cc1C21c2ccccc2-c2cc3sc4ccc5ncccc5c4c3cc21. The molecule has 0 saturated carbocycles. The molecule has 0 amide bonds. The maximum atomic E-state index is 4.78. The molecule has 1 atom stereocenters. The summed E-state index contributed by atoms with van der Waals surface area (Å²) in [5.41, 5.74) is 16.3. The number of pyridine rings is 1. The van der Waals surface area contributed by atoms with Crippen LogP contribution in [0.4, 0.5) is 0 Å². The normalized spacial score (nSPS) is 15.1. The Kier molecular flexibility index (Phi) is 6.43. The summed E-state index contributed by atoms with van der Waals surface area (Å²) in [7, 11) is 0. The maximum absolute atomic E-state index is 4.78. The molecule has 0 aliphatic heterocycles. The van der Waals surface area contributed by atoms with Crippen LogP contribution in [0.5, 0.6) is 0 Å². The number of nitrogens with zero attached hydrogens (tertiary/aromatic N) is 1. The molecule has 1 nitrogen and oxygen atoms in total. The van der Waals surface area contributed by atoms with E-state index in [4.69, 9.17) is 4.98 Å². The molecule has 0 saturated heterocycles. The molecule has 60 heavy (non-hydrogen) atoms. The first-order valence-electron chi connectivity index (χ1n) is 20.8. The van der Waals surface area contributed by atoms with Crippen LogP contribution in [0.3, 0.4) is 0 Å². The van der Waals surface area contributed by atoms with Crippen LogP contribution in [-0.4, -0.2) is 4.98 Å². The second-order valence-corrected chi connectivity index (χ2v) is 17.6. The van der Waals surface area contributed by atoms with E-state index in [1.165, 1.54) is 125 Å². The third-order valence-electron chi connectivity index (χ3n) is 13.7. The molecule has 276 valence electrons. The van der Waals surface area contributed by atoms with Crippen molar-refractivity contribution in [1.82, 2.24) is 4.98 Å². The molecule has 10 aromatic carbocycles. The minimum Gasteiger partial charge on any atom is -0.256 e. The van der Waals surface area contributed by atoms with Gasteiger partial charge in [0.25, 0.3) is 0 Å². The van der Waals surface area contributed by atoms with Crippen molar-refractivity contribution in [1.29, 1.82) is 0 Å². The Labute approximate surface area is 350 Å². The van der Waals surface area contributed by atoms with Gasteiger partial charge in [-0.2, -0.15) is 0 Å². The van der Waals surface area contributed by atoms with E-state index in [1.807, 2.05) is 17.5 Å². The highest BCUT2D eigenvalue weighted by molar-refractivity contribution is 7.26. The first-order valence-corrected chi connectivity index (χ1v) is 21.6. The van der Waals surface area contributed by atoms with Crippen LogP contribution < -0.4 is 0 Å².